The van der Waals surface area contributed by atoms with Gasteiger partial charge >= 0.3 is 0 Å². The van der Waals surface area contributed by atoms with Crippen LogP contribution in [0, 0.1) is 11.3 Å². The molecule has 1 N–H and O–H groups in total. The molecular formula is C22H21BrN2O4. The summed E-state index contributed by atoms with van der Waals surface area (Å²) in [5.41, 5.74) is 2.65. The van der Waals surface area contributed by atoms with Gasteiger partial charge in [-0.25, -0.2) is 0 Å². The summed E-state index contributed by atoms with van der Waals surface area (Å²) in [6.07, 6.45) is 2.76. The standard InChI is InChI=1S/C22H21BrN2O4/c1-2-28-20-12-15(13-24)11-19(23)22(20)29-14-21(27)25-9-7-17(8-10-25)16-3-5-18(26)6-4-16/h3-7,11-12,26H,2,8-10,14H2,1H3. The normalized spacial score (nSPS) is 13.4. The first kappa shape index (κ1) is 20.7. The highest BCUT2D eigenvalue weighted by molar-refractivity contribution is 9.10. The number of carbonyl (C=O) groups is 1. The van der Waals surface area contributed by atoms with E-state index in [1.54, 1.807) is 29.2 Å². The molecule has 0 aromatic heterocycles. The van der Waals surface area contributed by atoms with E-state index in [-0.39, 0.29) is 18.3 Å². The fourth-order valence-corrected chi connectivity index (χ4v) is 3.65. The molecule has 3 rings (SSSR count). The molecule has 6 nitrogen and oxygen atoms in total. The first-order chi connectivity index (χ1) is 14.0. The van der Waals surface area contributed by atoms with Crippen LogP contribution in [-0.2, 0) is 4.79 Å². The quantitative estimate of drug-likeness (QED) is 0.706. The van der Waals surface area contributed by atoms with Crippen LogP contribution in [0.2, 0.25) is 0 Å². The van der Waals surface area contributed by atoms with Crippen LogP contribution in [0.1, 0.15) is 24.5 Å². The number of carbonyl (C=O) groups excluding carboxylic acids is 1. The lowest BCUT2D eigenvalue weighted by atomic mass is 9.99. The second-order valence-electron chi connectivity index (χ2n) is 6.48. The lowest BCUT2D eigenvalue weighted by Crippen LogP contribution is -2.37. The third-order valence-electron chi connectivity index (χ3n) is 4.58. The molecule has 1 heterocycles. The summed E-state index contributed by atoms with van der Waals surface area (Å²) < 4.78 is 11.9. The van der Waals surface area contributed by atoms with Gasteiger partial charge in [-0.15, -0.1) is 0 Å². The number of rotatable bonds is 6. The van der Waals surface area contributed by atoms with Crippen LogP contribution in [0.25, 0.3) is 5.57 Å². The molecule has 2 aromatic rings. The molecule has 0 bridgehead atoms. The highest BCUT2D eigenvalue weighted by Gasteiger charge is 2.20. The number of benzene rings is 2. The summed E-state index contributed by atoms with van der Waals surface area (Å²) in [5.74, 6) is 0.958. The van der Waals surface area contributed by atoms with Crippen LogP contribution in [0.3, 0.4) is 0 Å². The Morgan fingerprint density at radius 2 is 2.03 bits per heavy atom. The van der Waals surface area contributed by atoms with Crippen LogP contribution in [0.15, 0.2) is 46.9 Å². The minimum atomic E-state index is -0.121. The van der Waals surface area contributed by atoms with Crippen molar-refractivity contribution in [2.75, 3.05) is 26.3 Å². The maximum absolute atomic E-state index is 12.6. The van der Waals surface area contributed by atoms with E-state index in [1.165, 1.54) is 0 Å². The molecule has 0 atom stereocenters. The molecule has 0 fully saturated rings. The number of aromatic hydroxyl groups is 1. The SMILES string of the molecule is CCOc1cc(C#N)cc(Br)c1OCC(=O)N1CC=C(c2ccc(O)cc2)CC1. The second-order valence-corrected chi connectivity index (χ2v) is 7.34. The van der Waals surface area contributed by atoms with Crippen molar-refractivity contribution in [1.29, 1.82) is 5.26 Å². The molecule has 0 spiro atoms. The van der Waals surface area contributed by atoms with Crippen molar-refractivity contribution in [3.8, 4) is 23.3 Å². The predicted octanol–water partition coefficient (Wildman–Crippen LogP) is 4.12. The first-order valence-corrected chi connectivity index (χ1v) is 10.1. The van der Waals surface area contributed by atoms with E-state index in [1.807, 2.05) is 25.1 Å². The fraction of sp³-hybridized carbons (Fsp3) is 0.273. The molecular weight excluding hydrogens is 436 g/mol. The molecule has 1 amide bonds. The Hall–Kier alpha value is -2.98. The van der Waals surface area contributed by atoms with Crippen LogP contribution < -0.4 is 9.47 Å². The Bertz CT molecular complexity index is 964. The van der Waals surface area contributed by atoms with E-state index in [9.17, 15) is 9.90 Å². The van der Waals surface area contributed by atoms with Crippen molar-refractivity contribution in [2.24, 2.45) is 0 Å². The molecule has 0 saturated carbocycles. The first-order valence-electron chi connectivity index (χ1n) is 9.27. The Morgan fingerprint density at radius 3 is 2.66 bits per heavy atom. The lowest BCUT2D eigenvalue weighted by Gasteiger charge is -2.27. The number of nitriles is 1. The van der Waals surface area contributed by atoms with Crippen molar-refractivity contribution in [2.45, 2.75) is 13.3 Å². The van der Waals surface area contributed by atoms with Gasteiger partial charge < -0.3 is 19.5 Å². The molecule has 29 heavy (non-hydrogen) atoms. The number of phenolic OH excluding ortho intramolecular Hbond substituents is 1. The number of phenols is 1. The van der Waals surface area contributed by atoms with Crippen LogP contribution in [-0.4, -0.2) is 42.2 Å². The molecule has 0 aliphatic carbocycles. The molecule has 0 radical (unpaired) electrons. The zero-order valence-corrected chi connectivity index (χ0v) is 17.6. The van der Waals surface area contributed by atoms with Gasteiger partial charge in [-0.1, -0.05) is 18.2 Å². The molecule has 1 aliphatic heterocycles. The highest BCUT2D eigenvalue weighted by Crippen LogP contribution is 2.37. The minimum Gasteiger partial charge on any atom is -0.508 e. The van der Waals surface area contributed by atoms with Crippen LogP contribution in [0.5, 0.6) is 17.2 Å². The Labute approximate surface area is 178 Å². The van der Waals surface area contributed by atoms with Gasteiger partial charge in [-0.05, 0) is 58.6 Å². The van der Waals surface area contributed by atoms with E-state index < -0.39 is 0 Å². The molecule has 0 saturated heterocycles. The third kappa shape index (κ3) is 5.09. The summed E-state index contributed by atoms with van der Waals surface area (Å²) in [7, 11) is 0. The third-order valence-corrected chi connectivity index (χ3v) is 5.17. The largest absolute Gasteiger partial charge is 0.508 e. The van der Waals surface area contributed by atoms with Crippen molar-refractivity contribution >= 4 is 27.4 Å². The average molecular weight is 457 g/mol. The Balaban J connectivity index is 1.63. The molecule has 0 unspecified atom stereocenters. The van der Waals surface area contributed by atoms with Gasteiger partial charge in [0.15, 0.2) is 18.1 Å². The van der Waals surface area contributed by atoms with E-state index >= 15 is 0 Å². The van der Waals surface area contributed by atoms with Crippen molar-refractivity contribution in [3.63, 3.8) is 0 Å². The molecule has 2 aromatic carbocycles. The number of ether oxygens (including phenoxy) is 2. The monoisotopic (exact) mass is 456 g/mol. The summed E-state index contributed by atoms with van der Waals surface area (Å²) in [6.45, 7) is 3.25. The Morgan fingerprint density at radius 1 is 1.28 bits per heavy atom. The molecule has 150 valence electrons. The van der Waals surface area contributed by atoms with Gasteiger partial charge in [0.25, 0.3) is 5.91 Å². The van der Waals surface area contributed by atoms with E-state index in [4.69, 9.17) is 14.7 Å². The molecule has 1 aliphatic rings. The van der Waals surface area contributed by atoms with Gasteiger partial charge in [-0.2, -0.15) is 5.26 Å². The van der Waals surface area contributed by atoms with Gasteiger partial charge in [-0.3, -0.25) is 4.79 Å². The second kappa shape index (κ2) is 9.48. The smallest absolute Gasteiger partial charge is 0.260 e. The number of nitrogens with zero attached hydrogens (tertiary/aromatic N) is 2. The summed E-state index contributed by atoms with van der Waals surface area (Å²) in [4.78, 5) is 14.3. The van der Waals surface area contributed by atoms with Crippen molar-refractivity contribution in [3.05, 3.63) is 58.1 Å². The number of halogens is 1. The van der Waals surface area contributed by atoms with Gasteiger partial charge in [0.1, 0.15) is 5.75 Å². The number of hydrogen-bond acceptors (Lipinski definition) is 5. The summed E-state index contributed by atoms with van der Waals surface area (Å²) in [5, 5.41) is 18.5. The van der Waals surface area contributed by atoms with Crippen LogP contribution >= 0.6 is 15.9 Å². The predicted molar refractivity (Wildman–Crippen MR) is 113 cm³/mol. The topological polar surface area (TPSA) is 82.8 Å². The zero-order chi connectivity index (χ0) is 20.8. The fourth-order valence-electron chi connectivity index (χ4n) is 3.09. The maximum atomic E-state index is 12.6. The van der Waals surface area contributed by atoms with E-state index in [0.717, 1.165) is 17.6 Å². The van der Waals surface area contributed by atoms with Crippen LogP contribution in [0.4, 0.5) is 0 Å². The van der Waals surface area contributed by atoms with Crippen molar-refractivity contribution < 1.29 is 19.4 Å². The van der Waals surface area contributed by atoms with Gasteiger partial charge in [0.2, 0.25) is 0 Å². The maximum Gasteiger partial charge on any atom is 0.260 e. The summed E-state index contributed by atoms with van der Waals surface area (Å²) in [6, 6.07) is 12.4. The number of hydrogen-bond donors (Lipinski definition) is 1. The zero-order valence-electron chi connectivity index (χ0n) is 16.0. The van der Waals surface area contributed by atoms with Gasteiger partial charge in [0, 0.05) is 19.2 Å². The van der Waals surface area contributed by atoms with E-state index in [0.29, 0.717) is 41.2 Å². The summed E-state index contributed by atoms with van der Waals surface area (Å²) >= 11 is 3.39. The van der Waals surface area contributed by atoms with E-state index in [2.05, 4.69) is 22.0 Å². The van der Waals surface area contributed by atoms with Gasteiger partial charge in [0.05, 0.1) is 22.7 Å². The number of amides is 1. The highest BCUT2D eigenvalue weighted by atomic mass is 79.9. The Kier molecular flexibility index (Phi) is 6.78. The van der Waals surface area contributed by atoms with Crippen molar-refractivity contribution in [1.82, 2.24) is 4.90 Å². The lowest BCUT2D eigenvalue weighted by molar-refractivity contribution is -0.132. The minimum absolute atomic E-state index is 0.118. The average Bonchev–Trinajstić information content (AvgIpc) is 2.73. The molecule has 7 heteroatoms.